The van der Waals surface area contributed by atoms with Gasteiger partial charge in [-0.25, -0.2) is 4.79 Å². The van der Waals surface area contributed by atoms with E-state index < -0.39 is 0 Å². The topological polar surface area (TPSA) is 26.3 Å². The van der Waals surface area contributed by atoms with Gasteiger partial charge in [0, 0.05) is 9.84 Å². The molecule has 3 saturated carbocycles. The Hall–Kier alpha value is -0.840. The highest BCUT2D eigenvalue weighted by Gasteiger charge is 2.61. The van der Waals surface area contributed by atoms with E-state index in [4.69, 9.17) is 4.74 Å². The Bertz CT molecular complexity index is 951. The largest absolute Gasteiger partial charge is 0.458 e. The molecule has 1 aromatic carbocycles. The van der Waals surface area contributed by atoms with E-state index in [1.54, 1.807) is 5.57 Å². The number of benzene rings is 1. The molecule has 0 spiro atoms. The van der Waals surface area contributed by atoms with Gasteiger partial charge < -0.3 is 4.74 Å². The maximum atomic E-state index is 12.9. The summed E-state index contributed by atoms with van der Waals surface area (Å²) in [5, 5.41) is 0. The Morgan fingerprint density at radius 1 is 1.03 bits per heavy atom. The molecular weight excluding hydrogens is 531 g/mol. The smallest absolute Gasteiger partial charge is 0.338 e. The lowest BCUT2D eigenvalue weighted by molar-refractivity contribution is -0.0817. The van der Waals surface area contributed by atoms with Crippen molar-refractivity contribution >= 4 is 28.6 Å². The highest BCUT2D eigenvalue weighted by molar-refractivity contribution is 14.1. The van der Waals surface area contributed by atoms with Crippen LogP contribution in [-0.4, -0.2) is 16.5 Å². The van der Waals surface area contributed by atoms with Crippen LogP contribution in [0.5, 0.6) is 0 Å². The molecule has 2 nitrogen and oxygen atoms in total. The first-order valence-electron chi connectivity index (χ1n) is 13.7. The summed E-state index contributed by atoms with van der Waals surface area (Å²) in [6.07, 6.45) is 11.6. The van der Waals surface area contributed by atoms with Crippen molar-refractivity contribution in [3.8, 4) is 0 Å². The molecule has 34 heavy (non-hydrogen) atoms. The summed E-state index contributed by atoms with van der Waals surface area (Å²) in [5.41, 5.74) is 2.91. The van der Waals surface area contributed by atoms with Gasteiger partial charge in [-0.15, -0.1) is 0 Å². The van der Waals surface area contributed by atoms with Crippen molar-refractivity contribution < 1.29 is 9.53 Å². The minimum atomic E-state index is -0.175. The van der Waals surface area contributed by atoms with Crippen molar-refractivity contribution in [3.63, 3.8) is 0 Å². The van der Waals surface area contributed by atoms with Gasteiger partial charge in [-0.05, 0) is 97.5 Å². The average Bonchev–Trinajstić information content (AvgIpc) is 3.18. The molecule has 4 aliphatic rings. The third-order valence-electron chi connectivity index (χ3n) is 11.2. The van der Waals surface area contributed by atoms with E-state index in [-0.39, 0.29) is 22.9 Å². The van der Waals surface area contributed by atoms with Gasteiger partial charge in [-0.1, -0.05) is 87.1 Å². The molecule has 0 bridgehead atoms. The van der Waals surface area contributed by atoms with Gasteiger partial charge in [-0.3, -0.25) is 0 Å². The fraction of sp³-hybridized carbons (Fsp3) is 0.710. The third kappa shape index (κ3) is 3.73. The second-order valence-corrected chi connectivity index (χ2v) is 13.9. The molecule has 8 atom stereocenters. The van der Waals surface area contributed by atoms with Crippen LogP contribution in [0.15, 0.2) is 42.0 Å². The molecule has 0 unspecified atom stereocenters. The van der Waals surface area contributed by atoms with Crippen LogP contribution in [0.2, 0.25) is 0 Å². The van der Waals surface area contributed by atoms with Crippen LogP contribution in [0.25, 0.3) is 0 Å². The first-order valence-corrected chi connectivity index (χ1v) is 15.2. The number of ether oxygens (including phenoxy) is 1. The fourth-order valence-electron chi connectivity index (χ4n) is 9.44. The fourth-order valence-corrected chi connectivity index (χ4v) is 10.1. The minimum Gasteiger partial charge on any atom is -0.458 e. The summed E-state index contributed by atoms with van der Waals surface area (Å²) in [6.45, 7) is 12.4. The van der Waals surface area contributed by atoms with Crippen LogP contribution in [0.1, 0.15) is 89.9 Å². The predicted octanol–water partition coefficient (Wildman–Crippen LogP) is 8.50. The van der Waals surface area contributed by atoms with Crippen LogP contribution in [-0.2, 0) is 4.74 Å². The van der Waals surface area contributed by atoms with Crippen LogP contribution in [0.3, 0.4) is 0 Å². The maximum absolute atomic E-state index is 12.9. The SMILES string of the molecule is C[C@H](CI)[C@@H]1CC[C@H]2[C@@H]3CC=C4C(C)(C)[C@@H](OC(=O)c5ccccc5)CC[C@@]4(C)[C@H]3CC[C@@]21C. The summed E-state index contributed by atoms with van der Waals surface area (Å²) in [5.74, 6) is 4.06. The highest BCUT2D eigenvalue weighted by Crippen LogP contribution is 2.69. The second kappa shape index (κ2) is 8.92. The molecule has 1 aromatic rings. The number of esters is 1. The van der Waals surface area contributed by atoms with E-state index in [0.717, 1.165) is 42.4 Å². The van der Waals surface area contributed by atoms with Gasteiger partial charge in [0.05, 0.1) is 5.56 Å². The zero-order chi connectivity index (χ0) is 24.3. The van der Waals surface area contributed by atoms with E-state index in [1.165, 1.54) is 36.5 Å². The first kappa shape index (κ1) is 24.8. The number of carbonyl (C=O) groups excluding carboxylic acids is 1. The molecule has 3 fully saturated rings. The molecule has 0 heterocycles. The summed E-state index contributed by atoms with van der Waals surface area (Å²) in [6, 6.07) is 9.49. The standard InChI is InChI=1S/C31H43IO2/c1-20(19-32)23-12-13-24-22-11-14-26-29(2,3)27(34-28(33)21-9-7-6-8-10-21)16-18-31(26,5)25(22)15-17-30(23,24)4/h6-10,14,20,22-25,27H,11-13,15-19H2,1-5H3/t20-,22+,23+,24+,25+,27+,30-,31+/m1/s1. The predicted molar refractivity (Wildman–Crippen MR) is 148 cm³/mol. The van der Waals surface area contributed by atoms with Crippen LogP contribution in [0.4, 0.5) is 0 Å². The van der Waals surface area contributed by atoms with Gasteiger partial charge in [-0.2, -0.15) is 0 Å². The van der Waals surface area contributed by atoms with E-state index in [2.05, 4.69) is 63.3 Å². The van der Waals surface area contributed by atoms with Crippen molar-refractivity contribution in [2.45, 2.75) is 85.7 Å². The molecule has 0 aromatic heterocycles. The number of rotatable bonds is 4. The molecule has 0 radical (unpaired) electrons. The molecule has 186 valence electrons. The van der Waals surface area contributed by atoms with Gasteiger partial charge >= 0.3 is 5.97 Å². The molecule has 0 N–H and O–H groups in total. The monoisotopic (exact) mass is 574 g/mol. The van der Waals surface area contributed by atoms with Crippen LogP contribution < -0.4 is 0 Å². The zero-order valence-corrected chi connectivity index (χ0v) is 23.9. The molecule has 5 rings (SSSR count). The average molecular weight is 575 g/mol. The summed E-state index contributed by atoms with van der Waals surface area (Å²) in [4.78, 5) is 12.9. The quantitative estimate of drug-likeness (QED) is 0.156. The first-order chi connectivity index (χ1) is 16.1. The summed E-state index contributed by atoms with van der Waals surface area (Å²) in [7, 11) is 0. The normalized spacial score (nSPS) is 41.5. The lowest BCUT2D eigenvalue weighted by atomic mass is 9.44. The molecule has 0 aliphatic heterocycles. The van der Waals surface area contributed by atoms with Gasteiger partial charge in [0.25, 0.3) is 0 Å². The number of halogens is 1. The lowest BCUT2D eigenvalue weighted by Gasteiger charge is -2.61. The lowest BCUT2D eigenvalue weighted by Crippen LogP contribution is -2.55. The second-order valence-electron chi connectivity index (χ2n) is 13.0. The number of hydrogen-bond donors (Lipinski definition) is 0. The molecule has 0 saturated heterocycles. The number of allylic oxidation sites excluding steroid dienone is 1. The van der Waals surface area contributed by atoms with Gasteiger partial charge in [0.15, 0.2) is 0 Å². The number of alkyl halides is 1. The van der Waals surface area contributed by atoms with Crippen molar-refractivity contribution in [2.24, 2.45) is 45.8 Å². The Morgan fingerprint density at radius 2 is 1.76 bits per heavy atom. The van der Waals surface area contributed by atoms with Gasteiger partial charge in [0.1, 0.15) is 6.10 Å². The van der Waals surface area contributed by atoms with E-state index in [1.807, 2.05) is 30.3 Å². The number of hydrogen-bond acceptors (Lipinski definition) is 2. The Balaban J connectivity index is 1.39. The van der Waals surface area contributed by atoms with E-state index in [9.17, 15) is 4.79 Å². The van der Waals surface area contributed by atoms with Crippen molar-refractivity contribution in [1.82, 2.24) is 0 Å². The van der Waals surface area contributed by atoms with Crippen molar-refractivity contribution in [2.75, 3.05) is 4.43 Å². The maximum Gasteiger partial charge on any atom is 0.338 e. The Morgan fingerprint density at radius 3 is 2.47 bits per heavy atom. The summed E-state index contributed by atoms with van der Waals surface area (Å²) >= 11 is 2.61. The third-order valence-corrected chi connectivity index (χ3v) is 12.5. The van der Waals surface area contributed by atoms with Crippen molar-refractivity contribution in [1.29, 1.82) is 0 Å². The highest BCUT2D eigenvalue weighted by atomic mass is 127. The Kier molecular flexibility index (Phi) is 6.52. The molecule has 0 amide bonds. The van der Waals surface area contributed by atoms with E-state index >= 15 is 0 Å². The van der Waals surface area contributed by atoms with Gasteiger partial charge in [0.2, 0.25) is 0 Å². The Labute approximate surface area is 220 Å². The van der Waals surface area contributed by atoms with Crippen LogP contribution in [0, 0.1) is 45.8 Å². The van der Waals surface area contributed by atoms with Crippen molar-refractivity contribution in [3.05, 3.63) is 47.5 Å². The number of carbonyl (C=O) groups is 1. The van der Waals surface area contributed by atoms with E-state index in [0.29, 0.717) is 11.0 Å². The molecule has 3 heteroatoms. The zero-order valence-electron chi connectivity index (χ0n) is 21.8. The molecular formula is C31H43IO2. The molecule has 4 aliphatic carbocycles. The summed E-state index contributed by atoms with van der Waals surface area (Å²) < 4.78 is 7.47. The van der Waals surface area contributed by atoms with Crippen LogP contribution >= 0.6 is 22.6 Å². The number of fused-ring (bicyclic) bond motifs is 5. The minimum absolute atomic E-state index is 0.0506.